The minimum Gasteiger partial charge on any atom is -0.497 e. The molecule has 162 valence electrons. The van der Waals surface area contributed by atoms with Crippen molar-refractivity contribution in [2.24, 2.45) is 4.99 Å². The number of anilines is 1. The van der Waals surface area contributed by atoms with Crippen LogP contribution in [0.2, 0.25) is 0 Å². The summed E-state index contributed by atoms with van der Waals surface area (Å²) in [4.78, 5) is 16.1. The van der Waals surface area contributed by atoms with E-state index in [4.69, 9.17) is 9.47 Å². The smallest absolute Gasteiger partial charge is 0.412 e. The number of aliphatic imine (C=N–C) groups is 1. The van der Waals surface area contributed by atoms with E-state index in [0.29, 0.717) is 12.2 Å². The molecule has 0 aliphatic heterocycles. The van der Waals surface area contributed by atoms with Gasteiger partial charge in [0.1, 0.15) is 11.4 Å². The highest BCUT2D eigenvalue weighted by atomic mass is 16.6. The first kappa shape index (κ1) is 23.1. The lowest BCUT2D eigenvalue weighted by Gasteiger charge is -2.19. The van der Waals surface area contributed by atoms with Gasteiger partial charge in [-0.05, 0) is 62.6 Å². The number of ether oxygens (including phenoxy) is 2. The largest absolute Gasteiger partial charge is 0.497 e. The fourth-order valence-electron chi connectivity index (χ4n) is 2.65. The number of methoxy groups -OCH3 is 1. The van der Waals surface area contributed by atoms with Crippen LogP contribution in [0.25, 0.3) is 0 Å². The minimum absolute atomic E-state index is 0.455. The van der Waals surface area contributed by atoms with Gasteiger partial charge in [0, 0.05) is 25.8 Å². The number of benzene rings is 2. The summed E-state index contributed by atoms with van der Waals surface area (Å²) in [6, 6.07) is 15.6. The summed E-state index contributed by atoms with van der Waals surface area (Å²) < 4.78 is 10.4. The van der Waals surface area contributed by atoms with Crippen molar-refractivity contribution in [3.05, 3.63) is 59.7 Å². The lowest BCUT2D eigenvalue weighted by molar-refractivity contribution is 0.0636. The van der Waals surface area contributed by atoms with Crippen LogP contribution in [0.5, 0.6) is 5.75 Å². The van der Waals surface area contributed by atoms with Crippen molar-refractivity contribution < 1.29 is 14.3 Å². The van der Waals surface area contributed by atoms with Gasteiger partial charge in [0.05, 0.1) is 7.11 Å². The first-order valence-corrected chi connectivity index (χ1v) is 9.95. The molecule has 2 aromatic rings. The molecule has 0 saturated heterocycles. The van der Waals surface area contributed by atoms with E-state index in [0.717, 1.165) is 35.8 Å². The Morgan fingerprint density at radius 2 is 1.60 bits per heavy atom. The van der Waals surface area contributed by atoms with Gasteiger partial charge >= 0.3 is 6.09 Å². The lowest BCUT2D eigenvalue weighted by Crippen LogP contribution is -2.37. The molecule has 0 unspecified atom stereocenters. The zero-order chi connectivity index (χ0) is 22.0. The van der Waals surface area contributed by atoms with E-state index in [-0.39, 0.29) is 0 Å². The Morgan fingerprint density at radius 1 is 0.967 bits per heavy atom. The van der Waals surface area contributed by atoms with Gasteiger partial charge in [0.2, 0.25) is 0 Å². The molecule has 2 rings (SSSR count). The van der Waals surface area contributed by atoms with Gasteiger partial charge in [-0.25, -0.2) is 4.79 Å². The third-order valence-electron chi connectivity index (χ3n) is 4.15. The second-order valence-electron chi connectivity index (χ2n) is 7.77. The highest BCUT2D eigenvalue weighted by molar-refractivity contribution is 5.84. The van der Waals surface area contributed by atoms with Gasteiger partial charge in [-0.15, -0.1) is 0 Å². The highest BCUT2D eigenvalue weighted by Crippen LogP contribution is 2.13. The van der Waals surface area contributed by atoms with Crippen LogP contribution in [0.3, 0.4) is 0 Å². The first-order valence-electron chi connectivity index (χ1n) is 9.95. The quantitative estimate of drug-likeness (QED) is 0.474. The summed E-state index contributed by atoms with van der Waals surface area (Å²) in [5, 5.41) is 9.34. The van der Waals surface area contributed by atoms with E-state index in [2.05, 4.69) is 20.9 Å². The van der Waals surface area contributed by atoms with Crippen LogP contribution in [0.4, 0.5) is 10.5 Å². The Morgan fingerprint density at radius 3 is 2.17 bits per heavy atom. The number of hydrogen-bond donors (Lipinski definition) is 3. The molecule has 0 aliphatic rings. The summed E-state index contributed by atoms with van der Waals surface area (Å²) in [7, 11) is 3.41. The van der Waals surface area contributed by atoms with Gasteiger partial charge in [-0.3, -0.25) is 10.3 Å². The molecule has 7 nitrogen and oxygen atoms in total. The van der Waals surface area contributed by atoms with E-state index in [1.165, 1.54) is 0 Å². The Labute approximate surface area is 178 Å². The van der Waals surface area contributed by atoms with E-state index in [9.17, 15) is 4.79 Å². The number of carbonyl (C=O) groups excluding carboxylic acids is 1. The molecule has 0 heterocycles. The number of nitrogens with one attached hydrogen (secondary N) is 3. The number of amides is 1. The fourth-order valence-corrected chi connectivity index (χ4v) is 2.65. The van der Waals surface area contributed by atoms with E-state index in [1.54, 1.807) is 14.2 Å². The Bertz CT molecular complexity index is 825. The zero-order valence-electron chi connectivity index (χ0n) is 18.4. The molecule has 0 radical (unpaired) electrons. The molecule has 3 N–H and O–H groups in total. The average molecular weight is 413 g/mol. The van der Waals surface area contributed by atoms with Crippen LogP contribution in [0, 0.1) is 0 Å². The van der Waals surface area contributed by atoms with Crippen molar-refractivity contribution in [2.75, 3.05) is 26.0 Å². The molecule has 0 saturated carbocycles. The number of guanidine groups is 1. The molecular weight excluding hydrogens is 380 g/mol. The Balaban J connectivity index is 1.74. The van der Waals surface area contributed by atoms with Crippen molar-refractivity contribution in [2.45, 2.75) is 39.3 Å². The predicted molar refractivity (Wildman–Crippen MR) is 121 cm³/mol. The third-order valence-corrected chi connectivity index (χ3v) is 4.15. The summed E-state index contributed by atoms with van der Waals surface area (Å²) >= 11 is 0. The molecule has 0 spiro atoms. The van der Waals surface area contributed by atoms with Crippen molar-refractivity contribution in [3.63, 3.8) is 0 Å². The van der Waals surface area contributed by atoms with Crippen LogP contribution in [-0.4, -0.2) is 38.4 Å². The number of carbonyl (C=O) groups is 1. The second-order valence-corrected chi connectivity index (χ2v) is 7.77. The molecular formula is C23H32N4O3. The van der Waals surface area contributed by atoms with E-state index in [1.807, 2.05) is 69.3 Å². The monoisotopic (exact) mass is 412 g/mol. The zero-order valence-corrected chi connectivity index (χ0v) is 18.4. The van der Waals surface area contributed by atoms with Gasteiger partial charge in [-0.1, -0.05) is 24.3 Å². The number of hydrogen-bond acceptors (Lipinski definition) is 4. The van der Waals surface area contributed by atoms with Crippen molar-refractivity contribution in [1.29, 1.82) is 0 Å². The summed E-state index contributed by atoms with van der Waals surface area (Å²) in [5.74, 6) is 1.59. The maximum Gasteiger partial charge on any atom is 0.412 e. The van der Waals surface area contributed by atoms with Gasteiger partial charge < -0.3 is 20.1 Å². The predicted octanol–water partition coefficient (Wildman–Crippen LogP) is 3.95. The topological polar surface area (TPSA) is 84.0 Å². The van der Waals surface area contributed by atoms with Crippen molar-refractivity contribution in [1.82, 2.24) is 10.6 Å². The van der Waals surface area contributed by atoms with E-state index < -0.39 is 11.7 Å². The number of nitrogens with zero attached hydrogens (tertiary/aromatic N) is 1. The Kier molecular flexibility index (Phi) is 8.53. The average Bonchev–Trinajstić information content (AvgIpc) is 2.70. The molecule has 7 heteroatoms. The van der Waals surface area contributed by atoms with Gasteiger partial charge in [0.15, 0.2) is 5.96 Å². The van der Waals surface area contributed by atoms with Crippen LogP contribution >= 0.6 is 0 Å². The highest BCUT2D eigenvalue weighted by Gasteiger charge is 2.16. The molecule has 0 aliphatic carbocycles. The van der Waals surface area contributed by atoms with Gasteiger partial charge in [0.25, 0.3) is 0 Å². The molecule has 0 fully saturated rings. The number of rotatable bonds is 7. The van der Waals surface area contributed by atoms with Crippen molar-refractivity contribution >= 4 is 17.7 Å². The summed E-state index contributed by atoms with van der Waals surface area (Å²) in [6.07, 6.45) is 0.374. The Hall–Kier alpha value is -3.22. The fraction of sp³-hybridized carbons (Fsp3) is 0.391. The molecule has 0 aromatic heterocycles. The lowest BCUT2D eigenvalue weighted by atomic mass is 10.1. The summed E-state index contributed by atoms with van der Waals surface area (Å²) in [6.45, 7) is 6.92. The second kappa shape index (κ2) is 11.1. The summed E-state index contributed by atoms with van der Waals surface area (Å²) in [5.41, 5.74) is 2.49. The van der Waals surface area contributed by atoms with Crippen LogP contribution in [-0.2, 0) is 17.7 Å². The van der Waals surface area contributed by atoms with Crippen LogP contribution in [0.1, 0.15) is 31.9 Å². The normalized spacial score (nSPS) is 11.6. The van der Waals surface area contributed by atoms with Gasteiger partial charge in [-0.2, -0.15) is 0 Å². The van der Waals surface area contributed by atoms with E-state index >= 15 is 0 Å². The SMILES string of the molecule is CN=C(NCCc1ccc(NC(=O)OC(C)(C)C)cc1)NCc1ccc(OC)cc1. The molecule has 0 atom stereocenters. The first-order chi connectivity index (χ1) is 14.3. The molecule has 1 amide bonds. The van der Waals surface area contributed by atoms with Crippen molar-refractivity contribution in [3.8, 4) is 5.75 Å². The maximum atomic E-state index is 11.8. The molecule has 0 bridgehead atoms. The van der Waals surface area contributed by atoms with Crippen LogP contribution in [0.15, 0.2) is 53.5 Å². The minimum atomic E-state index is -0.518. The van der Waals surface area contributed by atoms with Crippen LogP contribution < -0.4 is 20.7 Å². The molecule has 2 aromatic carbocycles. The maximum absolute atomic E-state index is 11.8. The molecule has 30 heavy (non-hydrogen) atoms. The standard InChI is InChI=1S/C23H32N4O3/c1-23(2,3)30-22(28)27-19-10-6-17(7-11-19)14-15-25-21(24-4)26-16-18-8-12-20(29-5)13-9-18/h6-13H,14-16H2,1-5H3,(H,27,28)(H2,24,25,26). The third kappa shape index (κ3) is 8.43.